The molecule has 170 valence electrons. The number of fused-ring (bicyclic) bond motifs is 1. The van der Waals surface area contributed by atoms with E-state index in [9.17, 15) is 18.0 Å². The highest BCUT2D eigenvalue weighted by molar-refractivity contribution is 7.89. The third-order valence-corrected chi connectivity index (χ3v) is 8.42. The average molecular weight is 476 g/mol. The molecule has 0 atom stereocenters. The molecule has 1 fully saturated rings. The van der Waals surface area contributed by atoms with Gasteiger partial charge in [-0.05, 0) is 48.9 Å². The van der Waals surface area contributed by atoms with Crippen molar-refractivity contribution in [2.75, 3.05) is 33.3 Å². The number of piperazine rings is 1. The van der Waals surface area contributed by atoms with Gasteiger partial charge in [-0.3, -0.25) is 14.2 Å². The summed E-state index contributed by atoms with van der Waals surface area (Å²) in [5.74, 6) is 0.539. The van der Waals surface area contributed by atoms with E-state index in [-0.39, 0.29) is 28.8 Å². The predicted octanol–water partition coefficient (Wildman–Crippen LogP) is 2.63. The molecule has 1 aromatic heterocycles. The van der Waals surface area contributed by atoms with Crippen LogP contribution in [0.15, 0.2) is 52.2 Å². The van der Waals surface area contributed by atoms with E-state index in [1.807, 2.05) is 6.92 Å². The number of nitrogens with zero attached hydrogens (tertiary/aromatic N) is 3. The van der Waals surface area contributed by atoms with E-state index in [0.29, 0.717) is 35.6 Å². The van der Waals surface area contributed by atoms with Gasteiger partial charge in [0.25, 0.3) is 5.91 Å². The fourth-order valence-corrected chi connectivity index (χ4v) is 6.32. The lowest BCUT2D eigenvalue weighted by atomic mass is 10.2. The van der Waals surface area contributed by atoms with Gasteiger partial charge in [0.05, 0.1) is 22.2 Å². The first-order valence-electron chi connectivity index (χ1n) is 10.4. The Kier molecular flexibility index (Phi) is 6.36. The molecule has 0 saturated carbocycles. The molecular formula is C22H25N3O5S2. The number of ether oxygens (including phenoxy) is 1. The summed E-state index contributed by atoms with van der Waals surface area (Å²) in [4.78, 5) is 26.7. The van der Waals surface area contributed by atoms with Gasteiger partial charge in [0, 0.05) is 38.3 Å². The van der Waals surface area contributed by atoms with Gasteiger partial charge in [0.1, 0.15) is 5.75 Å². The standard InChI is InChI=1S/C22H25N3O5S2/c1-3-10-25-19-9-8-18(15-20(19)31-22(25)27)32(28,29)24-13-11-23(12-14-24)21(26)16-4-6-17(30-2)7-5-16/h4-9,15H,3,10-14H2,1-2H3. The van der Waals surface area contributed by atoms with Crippen LogP contribution in [0.25, 0.3) is 10.2 Å². The SMILES string of the molecule is CCCn1c(=O)sc2cc(S(=O)(=O)N3CCN(C(=O)c4ccc(OC)cc4)CC3)ccc21. The Hall–Kier alpha value is -2.69. The van der Waals surface area contributed by atoms with Gasteiger partial charge in [-0.15, -0.1) is 0 Å². The largest absolute Gasteiger partial charge is 0.497 e. The maximum atomic E-state index is 13.2. The molecule has 0 radical (unpaired) electrons. The van der Waals surface area contributed by atoms with Crippen molar-refractivity contribution in [3.05, 3.63) is 57.7 Å². The number of aromatic nitrogens is 1. The first-order chi connectivity index (χ1) is 15.3. The molecule has 1 amide bonds. The lowest BCUT2D eigenvalue weighted by Crippen LogP contribution is -2.50. The second-order valence-electron chi connectivity index (χ2n) is 7.57. The van der Waals surface area contributed by atoms with Crippen LogP contribution in [0.3, 0.4) is 0 Å². The predicted molar refractivity (Wildman–Crippen MR) is 124 cm³/mol. The highest BCUT2D eigenvalue weighted by atomic mass is 32.2. The Morgan fingerprint density at radius 1 is 1.06 bits per heavy atom. The number of thiazole rings is 1. The van der Waals surface area contributed by atoms with Crippen molar-refractivity contribution in [1.29, 1.82) is 0 Å². The Labute approximate surface area is 190 Å². The van der Waals surface area contributed by atoms with Gasteiger partial charge in [-0.1, -0.05) is 18.3 Å². The van der Waals surface area contributed by atoms with E-state index in [4.69, 9.17) is 4.74 Å². The molecule has 1 aliphatic rings. The number of carbonyl (C=O) groups excluding carboxylic acids is 1. The summed E-state index contributed by atoms with van der Waals surface area (Å²) in [6.07, 6.45) is 0.825. The zero-order valence-electron chi connectivity index (χ0n) is 18.0. The summed E-state index contributed by atoms with van der Waals surface area (Å²) >= 11 is 1.06. The second kappa shape index (κ2) is 9.05. The molecule has 2 aromatic carbocycles. The quantitative estimate of drug-likeness (QED) is 0.547. The minimum Gasteiger partial charge on any atom is -0.497 e. The van der Waals surface area contributed by atoms with Crippen LogP contribution < -0.4 is 9.61 Å². The maximum Gasteiger partial charge on any atom is 0.308 e. The number of hydrogen-bond acceptors (Lipinski definition) is 6. The molecule has 1 saturated heterocycles. The van der Waals surface area contributed by atoms with E-state index in [0.717, 1.165) is 23.3 Å². The molecule has 0 aliphatic carbocycles. The topological polar surface area (TPSA) is 88.9 Å². The van der Waals surface area contributed by atoms with Crippen molar-refractivity contribution < 1.29 is 17.9 Å². The van der Waals surface area contributed by atoms with Crippen LogP contribution >= 0.6 is 11.3 Å². The average Bonchev–Trinajstić information content (AvgIpc) is 3.13. The van der Waals surface area contributed by atoms with Crippen molar-refractivity contribution in [3.8, 4) is 5.75 Å². The Balaban J connectivity index is 1.48. The molecule has 8 nitrogen and oxygen atoms in total. The van der Waals surface area contributed by atoms with Crippen molar-refractivity contribution in [1.82, 2.24) is 13.8 Å². The fourth-order valence-electron chi connectivity index (χ4n) is 3.84. The normalized spacial score (nSPS) is 15.2. The summed E-state index contributed by atoms with van der Waals surface area (Å²) in [6, 6.07) is 11.7. The number of aryl methyl sites for hydroxylation is 1. The minimum absolute atomic E-state index is 0.0814. The van der Waals surface area contributed by atoms with Crippen LogP contribution in [-0.2, 0) is 16.6 Å². The van der Waals surface area contributed by atoms with Crippen LogP contribution in [0.1, 0.15) is 23.7 Å². The Bertz CT molecular complexity index is 1290. The lowest BCUT2D eigenvalue weighted by molar-refractivity contribution is 0.0698. The van der Waals surface area contributed by atoms with E-state index < -0.39 is 10.0 Å². The van der Waals surface area contributed by atoms with E-state index >= 15 is 0 Å². The zero-order valence-corrected chi connectivity index (χ0v) is 19.6. The smallest absolute Gasteiger partial charge is 0.308 e. The van der Waals surface area contributed by atoms with Crippen LogP contribution in [0.5, 0.6) is 5.75 Å². The van der Waals surface area contributed by atoms with Gasteiger partial charge in [-0.2, -0.15) is 4.31 Å². The van der Waals surface area contributed by atoms with Gasteiger partial charge in [0.15, 0.2) is 0 Å². The van der Waals surface area contributed by atoms with Crippen LogP contribution in [0.2, 0.25) is 0 Å². The first kappa shape index (κ1) is 22.5. The molecule has 32 heavy (non-hydrogen) atoms. The Morgan fingerprint density at radius 2 is 1.75 bits per heavy atom. The molecule has 0 N–H and O–H groups in total. The Morgan fingerprint density at radius 3 is 2.38 bits per heavy atom. The first-order valence-corrected chi connectivity index (χ1v) is 12.7. The number of carbonyl (C=O) groups is 1. The monoisotopic (exact) mass is 475 g/mol. The molecule has 3 aromatic rings. The maximum absolute atomic E-state index is 13.2. The number of methoxy groups -OCH3 is 1. The molecule has 10 heteroatoms. The molecule has 2 heterocycles. The van der Waals surface area contributed by atoms with E-state index in [2.05, 4.69) is 0 Å². The van der Waals surface area contributed by atoms with Crippen molar-refractivity contribution in [2.24, 2.45) is 0 Å². The summed E-state index contributed by atoms with van der Waals surface area (Å²) in [5, 5.41) is 0. The number of sulfonamides is 1. The number of rotatable bonds is 6. The third-order valence-electron chi connectivity index (χ3n) is 5.59. The molecule has 4 rings (SSSR count). The van der Waals surface area contributed by atoms with Crippen molar-refractivity contribution >= 4 is 37.5 Å². The molecule has 1 aliphatic heterocycles. The molecule has 0 spiro atoms. The van der Waals surface area contributed by atoms with Gasteiger partial charge < -0.3 is 9.64 Å². The summed E-state index contributed by atoms with van der Waals surface area (Å²) < 4.78 is 35.3. The summed E-state index contributed by atoms with van der Waals surface area (Å²) in [7, 11) is -2.15. The second-order valence-corrected chi connectivity index (χ2v) is 10.5. The number of hydrogen-bond donors (Lipinski definition) is 0. The van der Waals surface area contributed by atoms with Crippen LogP contribution in [-0.4, -0.2) is 61.4 Å². The summed E-state index contributed by atoms with van der Waals surface area (Å²) in [5.41, 5.74) is 1.30. The molecular weight excluding hydrogens is 450 g/mol. The number of amides is 1. The van der Waals surface area contributed by atoms with E-state index in [1.165, 1.54) is 4.31 Å². The highest BCUT2D eigenvalue weighted by Gasteiger charge is 2.31. The zero-order chi connectivity index (χ0) is 22.9. The van der Waals surface area contributed by atoms with Crippen molar-refractivity contribution in [2.45, 2.75) is 24.8 Å². The highest BCUT2D eigenvalue weighted by Crippen LogP contribution is 2.25. The molecule has 0 unspecified atom stereocenters. The lowest BCUT2D eigenvalue weighted by Gasteiger charge is -2.34. The van der Waals surface area contributed by atoms with Gasteiger partial charge >= 0.3 is 4.87 Å². The van der Waals surface area contributed by atoms with Crippen LogP contribution in [0.4, 0.5) is 0 Å². The molecule has 0 bridgehead atoms. The number of benzene rings is 2. The van der Waals surface area contributed by atoms with Gasteiger partial charge in [-0.25, -0.2) is 8.42 Å². The van der Waals surface area contributed by atoms with E-state index in [1.54, 1.807) is 59.0 Å². The van der Waals surface area contributed by atoms with Gasteiger partial charge in [0.2, 0.25) is 10.0 Å². The van der Waals surface area contributed by atoms with Crippen LogP contribution in [0, 0.1) is 0 Å². The minimum atomic E-state index is -3.72. The summed E-state index contributed by atoms with van der Waals surface area (Å²) in [6.45, 7) is 3.66. The van der Waals surface area contributed by atoms with Crippen molar-refractivity contribution in [3.63, 3.8) is 0 Å². The fraction of sp³-hybridized carbons (Fsp3) is 0.364. The third kappa shape index (κ3) is 4.17.